The normalized spacial score (nSPS) is 16.1. The number of nitrogens with zero attached hydrogens (tertiary/aromatic N) is 2. The quantitative estimate of drug-likeness (QED) is 0.506. The fraction of sp³-hybridized carbons (Fsp3) is 0.278. The van der Waals surface area contributed by atoms with Gasteiger partial charge in [0.15, 0.2) is 5.16 Å². The molecule has 0 saturated heterocycles. The summed E-state index contributed by atoms with van der Waals surface area (Å²) in [7, 11) is 3.40. The average molecular weight is 357 g/mol. The summed E-state index contributed by atoms with van der Waals surface area (Å²) in [5.41, 5.74) is 1.11. The van der Waals surface area contributed by atoms with E-state index in [4.69, 9.17) is 4.74 Å². The highest BCUT2D eigenvalue weighted by Crippen LogP contribution is 2.36. The number of hydrogen-bond acceptors (Lipinski definition) is 5. The number of hydrogen-bond donors (Lipinski definition) is 1. The van der Waals surface area contributed by atoms with Gasteiger partial charge < -0.3 is 14.6 Å². The summed E-state index contributed by atoms with van der Waals surface area (Å²) in [6.07, 6.45) is 1.96. The van der Waals surface area contributed by atoms with E-state index in [1.54, 1.807) is 24.8 Å². The molecule has 1 aliphatic heterocycles. The molecule has 25 heavy (non-hydrogen) atoms. The molecule has 1 amide bonds. The number of carbonyl (C=O) groups is 1. The molecule has 1 atom stereocenters. The summed E-state index contributed by atoms with van der Waals surface area (Å²) >= 11 is 1.40. The molecule has 0 fully saturated rings. The monoisotopic (exact) mass is 357 g/mol. The van der Waals surface area contributed by atoms with Crippen LogP contribution in [0.15, 0.2) is 46.9 Å². The van der Waals surface area contributed by atoms with E-state index in [-0.39, 0.29) is 23.8 Å². The van der Waals surface area contributed by atoms with Gasteiger partial charge in [0.05, 0.1) is 12.7 Å². The molecule has 0 aliphatic carbocycles. The van der Waals surface area contributed by atoms with Crippen molar-refractivity contribution in [1.82, 2.24) is 9.55 Å². The Hall–Kier alpha value is -2.54. The Kier molecular flexibility index (Phi) is 4.94. The van der Waals surface area contributed by atoms with Crippen LogP contribution in [0.1, 0.15) is 23.5 Å². The number of rotatable bonds is 5. The lowest BCUT2D eigenvalue weighted by atomic mass is 9.87. The van der Waals surface area contributed by atoms with E-state index in [1.807, 2.05) is 24.3 Å². The van der Waals surface area contributed by atoms with E-state index in [1.165, 1.54) is 11.8 Å². The lowest BCUT2D eigenvalue weighted by molar-refractivity contribution is -0.116. The molecule has 0 radical (unpaired) electrons. The summed E-state index contributed by atoms with van der Waals surface area (Å²) in [6.45, 7) is 3.68. The fourth-order valence-electron chi connectivity index (χ4n) is 2.92. The van der Waals surface area contributed by atoms with E-state index in [0.717, 1.165) is 11.3 Å². The van der Waals surface area contributed by atoms with E-state index >= 15 is 0 Å². The highest BCUT2D eigenvalue weighted by molar-refractivity contribution is 7.99. The van der Waals surface area contributed by atoms with Crippen LogP contribution >= 0.6 is 11.8 Å². The molecule has 0 bridgehead atoms. The molecule has 0 saturated carbocycles. The van der Waals surface area contributed by atoms with Crippen LogP contribution in [0.2, 0.25) is 0 Å². The second-order valence-corrected chi connectivity index (χ2v) is 6.69. The minimum Gasteiger partial charge on any atom is -0.497 e. The van der Waals surface area contributed by atoms with Crippen molar-refractivity contribution < 1.29 is 9.53 Å². The lowest BCUT2D eigenvalue weighted by Gasteiger charge is -2.27. The number of thioether (sulfide) groups is 1. The van der Waals surface area contributed by atoms with Crippen molar-refractivity contribution in [2.24, 2.45) is 7.05 Å². The third-order valence-electron chi connectivity index (χ3n) is 4.15. The minimum atomic E-state index is -0.320. The molecule has 0 unspecified atom stereocenters. The molecule has 130 valence electrons. The van der Waals surface area contributed by atoms with Gasteiger partial charge in [0.25, 0.3) is 5.56 Å². The van der Waals surface area contributed by atoms with Gasteiger partial charge in [-0.25, -0.2) is 0 Å². The van der Waals surface area contributed by atoms with Gasteiger partial charge in [0.2, 0.25) is 5.91 Å². The number of carbonyl (C=O) groups excluding carboxylic acids is 1. The van der Waals surface area contributed by atoms with Crippen molar-refractivity contribution in [1.29, 1.82) is 0 Å². The van der Waals surface area contributed by atoms with Crippen molar-refractivity contribution in [3.05, 3.63) is 58.4 Å². The molecule has 2 heterocycles. The van der Waals surface area contributed by atoms with Gasteiger partial charge in [-0.1, -0.05) is 30.0 Å². The first kappa shape index (κ1) is 17.3. The minimum absolute atomic E-state index is 0.116. The SMILES string of the molecule is C=CCSc1nc(=O)c2c(n1C)NC(=O)C[C@H]2c1ccc(OC)cc1. The third kappa shape index (κ3) is 3.32. The number of fused-ring (bicyclic) bond motifs is 1. The molecule has 0 spiro atoms. The van der Waals surface area contributed by atoms with Crippen molar-refractivity contribution in [2.45, 2.75) is 17.5 Å². The molecule has 1 aromatic carbocycles. The van der Waals surface area contributed by atoms with Crippen molar-refractivity contribution in [2.75, 3.05) is 18.2 Å². The number of anilines is 1. The van der Waals surface area contributed by atoms with E-state index in [0.29, 0.717) is 22.3 Å². The van der Waals surface area contributed by atoms with Crippen molar-refractivity contribution in [3.63, 3.8) is 0 Å². The van der Waals surface area contributed by atoms with Crippen LogP contribution in [-0.2, 0) is 11.8 Å². The van der Waals surface area contributed by atoms with Crippen LogP contribution in [0.5, 0.6) is 5.75 Å². The number of ether oxygens (including phenoxy) is 1. The zero-order valence-electron chi connectivity index (χ0n) is 14.1. The maximum absolute atomic E-state index is 12.7. The van der Waals surface area contributed by atoms with Gasteiger partial charge in [-0.15, -0.1) is 6.58 Å². The fourth-order valence-corrected chi connectivity index (χ4v) is 3.62. The second-order valence-electron chi connectivity index (χ2n) is 5.70. The topological polar surface area (TPSA) is 73.2 Å². The van der Waals surface area contributed by atoms with Gasteiger partial charge >= 0.3 is 0 Å². The largest absolute Gasteiger partial charge is 0.497 e. The van der Waals surface area contributed by atoms with Crippen LogP contribution in [-0.4, -0.2) is 28.3 Å². The third-order valence-corrected chi connectivity index (χ3v) is 5.18. The molecule has 6 nitrogen and oxygen atoms in total. The van der Waals surface area contributed by atoms with Crippen LogP contribution < -0.4 is 15.6 Å². The van der Waals surface area contributed by atoms with Crippen molar-refractivity contribution >= 4 is 23.5 Å². The molecule has 1 N–H and O–H groups in total. The Morgan fingerprint density at radius 3 is 2.76 bits per heavy atom. The Labute approximate surface area is 149 Å². The van der Waals surface area contributed by atoms with Gasteiger partial charge in [0.1, 0.15) is 11.6 Å². The second kappa shape index (κ2) is 7.14. The average Bonchev–Trinajstić information content (AvgIpc) is 2.62. The summed E-state index contributed by atoms with van der Waals surface area (Å²) < 4.78 is 6.94. The van der Waals surface area contributed by atoms with Crippen LogP contribution in [0.25, 0.3) is 0 Å². The number of benzene rings is 1. The molecule has 2 aromatic rings. The van der Waals surface area contributed by atoms with Gasteiger partial charge in [-0.05, 0) is 17.7 Å². The van der Waals surface area contributed by atoms with Gasteiger partial charge in [-0.3, -0.25) is 9.59 Å². The molecular weight excluding hydrogens is 338 g/mol. The Morgan fingerprint density at radius 1 is 1.40 bits per heavy atom. The smallest absolute Gasteiger partial charge is 0.279 e. The maximum atomic E-state index is 12.7. The lowest BCUT2D eigenvalue weighted by Crippen LogP contribution is -2.33. The number of amides is 1. The molecule has 1 aliphatic rings. The summed E-state index contributed by atoms with van der Waals surface area (Å²) in [5.74, 6) is 1.44. The molecule has 1 aromatic heterocycles. The number of nitrogens with one attached hydrogen (secondary N) is 1. The van der Waals surface area contributed by atoms with Gasteiger partial charge in [0, 0.05) is 25.1 Å². The Balaban J connectivity index is 2.10. The van der Waals surface area contributed by atoms with E-state index < -0.39 is 0 Å². The molecular formula is C18H19N3O3S. The highest BCUT2D eigenvalue weighted by Gasteiger charge is 2.32. The predicted molar refractivity (Wildman–Crippen MR) is 98.5 cm³/mol. The molecule has 3 rings (SSSR count). The van der Waals surface area contributed by atoms with E-state index in [2.05, 4.69) is 16.9 Å². The Bertz CT molecular complexity index is 874. The standard InChI is InChI=1S/C18H19N3O3S/c1-4-9-25-18-20-17(23)15-13(10-14(22)19-16(15)21(18)2)11-5-7-12(24-3)8-6-11/h4-8,13H,1,9-10H2,2-3H3,(H,19,22)/t13-/m0/s1. The van der Waals surface area contributed by atoms with Crippen LogP contribution in [0.3, 0.4) is 0 Å². The van der Waals surface area contributed by atoms with Crippen LogP contribution in [0, 0.1) is 0 Å². The van der Waals surface area contributed by atoms with Gasteiger partial charge in [-0.2, -0.15) is 4.98 Å². The zero-order valence-corrected chi connectivity index (χ0v) is 14.9. The summed E-state index contributed by atoms with van der Waals surface area (Å²) in [4.78, 5) is 29.1. The maximum Gasteiger partial charge on any atom is 0.279 e. The first-order valence-corrected chi connectivity index (χ1v) is 8.82. The Morgan fingerprint density at radius 2 is 2.12 bits per heavy atom. The predicted octanol–water partition coefficient (Wildman–Crippen LogP) is 2.54. The highest BCUT2D eigenvalue weighted by atomic mass is 32.2. The van der Waals surface area contributed by atoms with Crippen LogP contribution in [0.4, 0.5) is 5.82 Å². The number of methoxy groups -OCH3 is 1. The zero-order chi connectivity index (χ0) is 18.0. The summed E-state index contributed by atoms with van der Waals surface area (Å²) in [5, 5.41) is 3.38. The molecule has 7 heteroatoms. The first-order chi connectivity index (χ1) is 12.0. The van der Waals surface area contributed by atoms with E-state index in [9.17, 15) is 9.59 Å². The number of aromatic nitrogens is 2. The summed E-state index contributed by atoms with van der Waals surface area (Å²) in [6, 6.07) is 7.42. The first-order valence-electron chi connectivity index (χ1n) is 7.83. The van der Waals surface area contributed by atoms with Crippen molar-refractivity contribution in [3.8, 4) is 5.75 Å².